The van der Waals surface area contributed by atoms with Crippen LogP contribution in [0.3, 0.4) is 0 Å². The van der Waals surface area contributed by atoms with E-state index in [0.717, 1.165) is 24.5 Å². The predicted molar refractivity (Wildman–Crippen MR) is 68.9 cm³/mol. The van der Waals surface area contributed by atoms with Gasteiger partial charge in [0.15, 0.2) is 4.77 Å². The van der Waals surface area contributed by atoms with Crippen molar-refractivity contribution >= 4 is 12.2 Å². The summed E-state index contributed by atoms with van der Waals surface area (Å²) in [5.74, 6) is 0.898. The van der Waals surface area contributed by atoms with Gasteiger partial charge < -0.3 is 4.74 Å². The zero-order valence-electron chi connectivity index (χ0n) is 9.72. The van der Waals surface area contributed by atoms with Crippen LogP contribution in [0, 0.1) is 4.77 Å². The number of nitrogens with one attached hydrogen (secondary N) is 1. The normalized spacial score (nSPS) is 10.6. The van der Waals surface area contributed by atoms with Crippen molar-refractivity contribution in [3.63, 3.8) is 0 Å². The van der Waals surface area contributed by atoms with Crippen LogP contribution in [0.1, 0.15) is 12.7 Å². The lowest BCUT2D eigenvalue weighted by Gasteiger charge is -2.06. The molecule has 2 aromatic rings. The SMILES string of the molecule is CCOCCc1n[nH]c(=S)n1-c1ccccc1. The molecular formula is C12H15N3OS. The molecule has 0 aliphatic heterocycles. The fraction of sp³-hybridized carbons (Fsp3) is 0.333. The standard InChI is InChI=1S/C12H15N3OS/c1-2-16-9-8-11-13-14-12(17)15(11)10-6-4-3-5-7-10/h3-7H,2,8-9H2,1H3,(H,14,17). The minimum atomic E-state index is 0.614. The maximum absolute atomic E-state index is 5.34. The first-order valence-electron chi connectivity index (χ1n) is 5.62. The van der Waals surface area contributed by atoms with Crippen molar-refractivity contribution in [2.75, 3.05) is 13.2 Å². The van der Waals surface area contributed by atoms with E-state index in [2.05, 4.69) is 10.2 Å². The Bertz CT molecular complexity index is 518. The van der Waals surface area contributed by atoms with E-state index in [-0.39, 0.29) is 0 Å². The van der Waals surface area contributed by atoms with Crippen molar-refractivity contribution in [2.24, 2.45) is 0 Å². The number of hydrogen-bond acceptors (Lipinski definition) is 3. The summed E-state index contributed by atoms with van der Waals surface area (Å²) in [4.78, 5) is 0. The lowest BCUT2D eigenvalue weighted by Crippen LogP contribution is -2.06. The van der Waals surface area contributed by atoms with E-state index in [0.29, 0.717) is 11.4 Å². The van der Waals surface area contributed by atoms with Crippen molar-refractivity contribution in [1.82, 2.24) is 14.8 Å². The Morgan fingerprint density at radius 2 is 2.12 bits per heavy atom. The Hall–Kier alpha value is -1.46. The van der Waals surface area contributed by atoms with E-state index in [1.54, 1.807) is 0 Å². The molecule has 90 valence electrons. The number of para-hydroxylation sites is 1. The molecule has 1 aromatic carbocycles. The molecule has 0 radical (unpaired) electrons. The molecule has 0 saturated carbocycles. The van der Waals surface area contributed by atoms with E-state index in [1.807, 2.05) is 41.8 Å². The summed E-state index contributed by atoms with van der Waals surface area (Å²) in [7, 11) is 0. The number of ether oxygens (including phenoxy) is 1. The topological polar surface area (TPSA) is 42.8 Å². The fourth-order valence-electron chi connectivity index (χ4n) is 1.65. The summed E-state index contributed by atoms with van der Waals surface area (Å²) in [6, 6.07) is 9.96. The fourth-order valence-corrected chi connectivity index (χ4v) is 1.90. The lowest BCUT2D eigenvalue weighted by atomic mass is 10.3. The smallest absolute Gasteiger partial charge is 0.199 e. The molecule has 0 amide bonds. The second kappa shape index (κ2) is 5.75. The summed E-state index contributed by atoms with van der Waals surface area (Å²) in [5.41, 5.74) is 1.03. The number of hydrogen-bond donors (Lipinski definition) is 1. The Balaban J connectivity index is 2.27. The number of nitrogens with zero attached hydrogens (tertiary/aromatic N) is 2. The van der Waals surface area contributed by atoms with Gasteiger partial charge in [-0.3, -0.25) is 9.67 Å². The van der Waals surface area contributed by atoms with Crippen molar-refractivity contribution in [3.05, 3.63) is 40.9 Å². The minimum Gasteiger partial charge on any atom is -0.381 e. The first kappa shape index (κ1) is 12.0. The summed E-state index contributed by atoms with van der Waals surface area (Å²) >= 11 is 5.24. The molecule has 4 nitrogen and oxygen atoms in total. The Morgan fingerprint density at radius 3 is 2.82 bits per heavy atom. The van der Waals surface area contributed by atoms with Crippen LogP contribution in [0.2, 0.25) is 0 Å². The van der Waals surface area contributed by atoms with Gasteiger partial charge in [-0.15, -0.1) is 0 Å². The Kier molecular flexibility index (Phi) is 4.06. The number of aromatic nitrogens is 3. The lowest BCUT2D eigenvalue weighted by molar-refractivity contribution is 0.149. The molecule has 1 N–H and O–H groups in total. The summed E-state index contributed by atoms with van der Waals surface area (Å²) in [6.07, 6.45) is 0.746. The van der Waals surface area contributed by atoms with Crippen LogP contribution in [-0.2, 0) is 11.2 Å². The number of benzene rings is 1. The number of H-pyrrole nitrogens is 1. The van der Waals surface area contributed by atoms with Crippen molar-refractivity contribution in [2.45, 2.75) is 13.3 Å². The molecule has 2 rings (SSSR count). The molecule has 0 aliphatic carbocycles. The van der Waals surface area contributed by atoms with Crippen LogP contribution in [0.25, 0.3) is 5.69 Å². The zero-order valence-corrected chi connectivity index (χ0v) is 10.5. The van der Waals surface area contributed by atoms with Crippen LogP contribution < -0.4 is 0 Å². The second-order valence-electron chi connectivity index (χ2n) is 3.56. The highest BCUT2D eigenvalue weighted by Gasteiger charge is 2.07. The summed E-state index contributed by atoms with van der Waals surface area (Å²) in [5, 5.41) is 7.05. The van der Waals surface area contributed by atoms with Gasteiger partial charge >= 0.3 is 0 Å². The van der Waals surface area contributed by atoms with Gasteiger partial charge in [0.2, 0.25) is 0 Å². The second-order valence-corrected chi connectivity index (χ2v) is 3.95. The highest BCUT2D eigenvalue weighted by Crippen LogP contribution is 2.10. The van der Waals surface area contributed by atoms with Crippen molar-refractivity contribution in [1.29, 1.82) is 0 Å². The number of aromatic amines is 1. The zero-order chi connectivity index (χ0) is 12.1. The first-order chi connectivity index (χ1) is 8.33. The third kappa shape index (κ3) is 2.81. The average molecular weight is 249 g/mol. The van der Waals surface area contributed by atoms with Crippen LogP contribution in [-0.4, -0.2) is 28.0 Å². The van der Waals surface area contributed by atoms with Crippen LogP contribution in [0.4, 0.5) is 0 Å². The molecule has 0 unspecified atom stereocenters. The molecule has 0 aliphatic rings. The number of rotatable bonds is 5. The molecule has 1 heterocycles. The van der Waals surface area contributed by atoms with Crippen LogP contribution in [0.15, 0.2) is 30.3 Å². The summed E-state index contributed by atoms with van der Waals surface area (Å²) in [6.45, 7) is 3.35. The third-order valence-electron chi connectivity index (χ3n) is 2.43. The largest absolute Gasteiger partial charge is 0.381 e. The van der Waals surface area contributed by atoms with Crippen molar-refractivity contribution < 1.29 is 4.74 Å². The van der Waals surface area contributed by atoms with Gasteiger partial charge in [0.25, 0.3) is 0 Å². The van der Waals surface area contributed by atoms with Gasteiger partial charge in [-0.2, -0.15) is 5.10 Å². The molecular weight excluding hydrogens is 234 g/mol. The quantitative estimate of drug-likeness (QED) is 0.654. The predicted octanol–water partition coefficient (Wildman–Crippen LogP) is 2.51. The molecule has 0 bridgehead atoms. The third-order valence-corrected chi connectivity index (χ3v) is 2.70. The van der Waals surface area contributed by atoms with Crippen molar-refractivity contribution in [3.8, 4) is 5.69 Å². The highest BCUT2D eigenvalue weighted by atomic mass is 32.1. The molecule has 0 atom stereocenters. The van der Waals surface area contributed by atoms with E-state index in [4.69, 9.17) is 17.0 Å². The Labute approximate surface area is 105 Å². The molecule has 1 aromatic heterocycles. The molecule has 5 heteroatoms. The Morgan fingerprint density at radius 1 is 1.35 bits per heavy atom. The minimum absolute atomic E-state index is 0.614. The van der Waals surface area contributed by atoms with E-state index in [9.17, 15) is 0 Å². The summed E-state index contributed by atoms with van der Waals surface area (Å²) < 4.78 is 7.89. The molecule has 0 fully saturated rings. The molecule has 17 heavy (non-hydrogen) atoms. The van der Waals surface area contributed by atoms with E-state index in [1.165, 1.54) is 0 Å². The van der Waals surface area contributed by atoms with Gasteiger partial charge in [0.05, 0.1) is 6.61 Å². The van der Waals surface area contributed by atoms with Gasteiger partial charge in [-0.05, 0) is 31.3 Å². The van der Waals surface area contributed by atoms with E-state index < -0.39 is 0 Å². The molecule has 0 saturated heterocycles. The van der Waals surface area contributed by atoms with Gasteiger partial charge in [-0.1, -0.05) is 18.2 Å². The average Bonchev–Trinajstić information content (AvgIpc) is 2.72. The van der Waals surface area contributed by atoms with Gasteiger partial charge in [-0.25, -0.2) is 0 Å². The van der Waals surface area contributed by atoms with Gasteiger partial charge in [0, 0.05) is 18.7 Å². The monoisotopic (exact) mass is 249 g/mol. The van der Waals surface area contributed by atoms with Crippen LogP contribution >= 0.6 is 12.2 Å². The maximum Gasteiger partial charge on any atom is 0.199 e. The van der Waals surface area contributed by atoms with Crippen LogP contribution in [0.5, 0.6) is 0 Å². The van der Waals surface area contributed by atoms with Gasteiger partial charge in [0.1, 0.15) is 5.82 Å². The van der Waals surface area contributed by atoms with E-state index >= 15 is 0 Å². The first-order valence-corrected chi connectivity index (χ1v) is 6.03. The maximum atomic E-state index is 5.34. The highest BCUT2D eigenvalue weighted by molar-refractivity contribution is 7.71. The molecule has 0 spiro atoms.